The van der Waals surface area contributed by atoms with E-state index in [1.807, 2.05) is 0 Å². The molecule has 0 aromatic carbocycles. The average Bonchev–Trinajstić information content (AvgIpc) is 2.94. The third-order valence-corrected chi connectivity index (χ3v) is 4.39. The van der Waals surface area contributed by atoms with Crippen LogP contribution in [0.4, 0.5) is 0 Å². The first kappa shape index (κ1) is 10.9. The van der Waals surface area contributed by atoms with Crippen LogP contribution >= 0.6 is 11.3 Å². The second-order valence-corrected chi connectivity index (χ2v) is 5.46. The highest BCUT2D eigenvalue weighted by Crippen LogP contribution is 2.31. The lowest BCUT2D eigenvalue weighted by Crippen LogP contribution is -2.17. The molecule has 4 nitrogen and oxygen atoms in total. The molecule has 0 spiro atoms. The van der Waals surface area contributed by atoms with E-state index >= 15 is 0 Å². The van der Waals surface area contributed by atoms with Gasteiger partial charge in [0, 0.05) is 17.9 Å². The van der Waals surface area contributed by atoms with Gasteiger partial charge in [-0.1, -0.05) is 18.3 Å². The highest BCUT2D eigenvalue weighted by molar-refractivity contribution is 7.13. The zero-order chi connectivity index (χ0) is 11.8. The normalized spacial score (nSPS) is 19.3. The molecule has 2 N–H and O–H groups in total. The van der Waals surface area contributed by atoms with E-state index in [4.69, 9.17) is 5.73 Å². The highest BCUT2D eigenvalue weighted by Gasteiger charge is 2.21. The van der Waals surface area contributed by atoms with Crippen LogP contribution in [0.3, 0.4) is 0 Å². The first-order valence-electron chi connectivity index (χ1n) is 6.08. The van der Waals surface area contributed by atoms with Crippen molar-refractivity contribution in [3.05, 3.63) is 28.5 Å². The predicted molar refractivity (Wildman–Crippen MR) is 68.5 cm³/mol. The van der Waals surface area contributed by atoms with Crippen LogP contribution in [0, 0.1) is 0 Å². The molecule has 0 radical (unpaired) electrons. The first-order valence-corrected chi connectivity index (χ1v) is 6.89. The number of aromatic nitrogens is 3. The zero-order valence-electron chi connectivity index (χ0n) is 9.89. The van der Waals surface area contributed by atoms with Gasteiger partial charge in [-0.05, 0) is 37.3 Å². The molecule has 90 valence electrons. The minimum Gasteiger partial charge on any atom is -0.324 e. The van der Waals surface area contributed by atoms with Crippen molar-refractivity contribution in [2.45, 2.75) is 38.6 Å². The van der Waals surface area contributed by atoms with Gasteiger partial charge >= 0.3 is 0 Å². The fraction of sp³-hybridized carbons (Fsp3) is 0.500. The molecule has 0 saturated carbocycles. The van der Waals surface area contributed by atoms with Crippen LogP contribution in [-0.2, 0) is 12.8 Å². The minimum atomic E-state index is 0.193. The van der Waals surface area contributed by atoms with Crippen LogP contribution < -0.4 is 5.73 Å². The summed E-state index contributed by atoms with van der Waals surface area (Å²) in [6, 6.07) is 2.32. The number of hydrogen-bond donors (Lipinski definition) is 1. The molecule has 1 aliphatic carbocycles. The van der Waals surface area contributed by atoms with Gasteiger partial charge < -0.3 is 5.73 Å². The molecule has 0 fully saturated rings. The van der Waals surface area contributed by atoms with Crippen LogP contribution in [0.25, 0.3) is 5.13 Å². The zero-order valence-corrected chi connectivity index (χ0v) is 10.7. The van der Waals surface area contributed by atoms with Gasteiger partial charge in [0.05, 0.1) is 0 Å². The molecule has 2 heterocycles. The molecule has 0 amide bonds. The summed E-state index contributed by atoms with van der Waals surface area (Å²) in [5, 5.41) is 10.5. The van der Waals surface area contributed by atoms with Gasteiger partial charge in [-0.15, -0.1) is 10.2 Å². The molecular formula is C12H16N4S. The molecule has 0 bridgehead atoms. The molecule has 5 heteroatoms. The van der Waals surface area contributed by atoms with Gasteiger partial charge in [0.25, 0.3) is 0 Å². The second kappa shape index (κ2) is 4.23. The maximum absolute atomic E-state index is 6.12. The Hall–Kier alpha value is -1.20. The van der Waals surface area contributed by atoms with Crippen molar-refractivity contribution >= 4 is 11.3 Å². The maximum atomic E-state index is 6.12. The molecule has 0 aliphatic heterocycles. The Kier molecular flexibility index (Phi) is 2.72. The van der Waals surface area contributed by atoms with E-state index < -0.39 is 0 Å². The summed E-state index contributed by atoms with van der Waals surface area (Å²) in [6.07, 6.45) is 6.37. The standard InChI is InChI=1S/C12H16N4S/c1-2-11-14-15-12(17-11)16-7-6-8-9(13)4-3-5-10(8)16/h6-7,9H,2-5,13H2,1H3. The lowest BCUT2D eigenvalue weighted by molar-refractivity contribution is 0.560. The molecule has 1 unspecified atom stereocenters. The average molecular weight is 248 g/mol. The van der Waals surface area contributed by atoms with Crippen molar-refractivity contribution in [2.24, 2.45) is 5.73 Å². The monoisotopic (exact) mass is 248 g/mol. The summed E-state index contributed by atoms with van der Waals surface area (Å²) in [5.41, 5.74) is 8.73. The highest BCUT2D eigenvalue weighted by atomic mass is 32.1. The largest absolute Gasteiger partial charge is 0.324 e. The Balaban J connectivity index is 2.03. The van der Waals surface area contributed by atoms with E-state index in [2.05, 4.69) is 34.0 Å². The minimum absolute atomic E-state index is 0.193. The Morgan fingerprint density at radius 1 is 1.53 bits per heavy atom. The number of nitrogens with two attached hydrogens (primary N) is 1. The number of rotatable bonds is 2. The van der Waals surface area contributed by atoms with Gasteiger partial charge in [0.1, 0.15) is 5.01 Å². The Bertz CT molecular complexity index is 528. The molecule has 17 heavy (non-hydrogen) atoms. The Labute approximate surface area is 104 Å². The summed E-state index contributed by atoms with van der Waals surface area (Å²) in [6.45, 7) is 2.10. The summed E-state index contributed by atoms with van der Waals surface area (Å²) in [4.78, 5) is 0. The number of nitrogens with zero attached hydrogens (tertiary/aromatic N) is 3. The van der Waals surface area contributed by atoms with E-state index in [9.17, 15) is 0 Å². The smallest absolute Gasteiger partial charge is 0.216 e. The summed E-state index contributed by atoms with van der Waals surface area (Å²) in [7, 11) is 0. The fourth-order valence-corrected chi connectivity index (χ4v) is 3.18. The van der Waals surface area contributed by atoms with Gasteiger partial charge in [0.2, 0.25) is 5.13 Å². The number of fused-ring (bicyclic) bond motifs is 1. The van der Waals surface area contributed by atoms with Crippen molar-refractivity contribution in [1.29, 1.82) is 0 Å². The number of aryl methyl sites for hydroxylation is 1. The molecule has 1 atom stereocenters. The third-order valence-electron chi connectivity index (χ3n) is 3.32. The van der Waals surface area contributed by atoms with E-state index in [0.717, 1.165) is 35.8 Å². The summed E-state index contributed by atoms with van der Waals surface area (Å²) in [5.74, 6) is 0. The van der Waals surface area contributed by atoms with E-state index in [1.165, 1.54) is 11.3 Å². The van der Waals surface area contributed by atoms with Crippen LogP contribution in [0.15, 0.2) is 12.3 Å². The SMILES string of the molecule is CCc1nnc(-n2ccc3c2CCCC3N)s1. The van der Waals surface area contributed by atoms with Gasteiger partial charge in [-0.2, -0.15) is 0 Å². The molecule has 1 aliphatic rings. The Morgan fingerprint density at radius 2 is 2.41 bits per heavy atom. The maximum Gasteiger partial charge on any atom is 0.216 e. The van der Waals surface area contributed by atoms with E-state index in [0.29, 0.717) is 0 Å². The first-order chi connectivity index (χ1) is 8.29. The van der Waals surface area contributed by atoms with Crippen LogP contribution in [-0.4, -0.2) is 14.8 Å². The van der Waals surface area contributed by atoms with Crippen LogP contribution in [0.1, 0.15) is 42.1 Å². The van der Waals surface area contributed by atoms with Crippen molar-refractivity contribution in [2.75, 3.05) is 0 Å². The van der Waals surface area contributed by atoms with Gasteiger partial charge in [-0.25, -0.2) is 0 Å². The molecule has 0 saturated heterocycles. The van der Waals surface area contributed by atoms with Crippen LogP contribution in [0.5, 0.6) is 0 Å². The van der Waals surface area contributed by atoms with E-state index in [-0.39, 0.29) is 6.04 Å². The van der Waals surface area contributed by atoms with Gasteiger partial charge in [-0.3, -0.25) is 4.57 Å². The molecular weight excluding hydrogens is 232 g/mol. The van der Waals surface area contributed by atoms with Crippen molar-refractivity contribution in [3.63, 3.8) is 0 Å². The summed E-state index contributed by atoms with van der Waals surface area (Å²) >= 11 is 1.66. The number of hydrogen-bond acceptors (Lipinski definition) is 4. The molecule has 3 rings (SSSR count). The van der Waals surface area contributed by atoms with E-state index in [1.54, 1.807) is 11.3 Å². The predicted octanol–water partition coefficient (Wildman–Crippen LogP) is 2.23. The second-order valence-electron chi connectivity index (χ2n) is 4.42. The van der Waals surface area contributed by atoms with Crippen LogP contribution in [0.2, 0.25) is 0 Å². The third kappa shape index (κ3) is 1.79. The lowest BCUT2D eigenvalue weighted by Gasteiger charge is -2.19. The molecule has 2 aromatic rings. The van der Waals surface area contributed by atoms with Gasteiger partial charge in [0.15, 0.2) is 0 Å². The van der Waals surface area contributed by atoms with Crippen molar-refractivity contribution in [1.82, 2.24) is 14.8 Å². The lowest BCUT2D eigenvalue weighted by atomic mass is 9.94. The summed E-state index contributed by atoms with van der Waals surface area (Å²) < 4.78 is 2.16. The topological polar surface area (TPSA) is 56.7 Å². The van der Waals surface area contributed by atoms with Crippen molar-refractivity contribution in [3.8, 4) is 5.13 Å². The fourth-order valence-electron chi connectivity index (χ4n) is 2.39. The molecule has 2 aromatic heterocycles. The van der Waals surface area contributed by atoms with Crippen molar-refractivity contribution < 1.29 is 0 Å². The Morgan fingerprint density at radius 3 is 3.18 bits per heavy atom. The quantitative estimate of drug-likeness (QED) is 0.886.